The van der Waals surface area contributed by atoms with E-state index in [1.54, 1.807) is 0 Å². The van der Waals surface area contributed by atoms with Crippen LogP contribution < -0.4 is 10.9 Å². The van der Waals surface area contributed by atoms with Crippen molar-refractivity contribution < 1.29 is 34.8 Å². The van der Waals surface area contributed by atoms with Crippen LogP contribution in [0.2, 0.25) is 0 Å². The minimum absolute atomic E-state index is 0.0159. The van der Waals surface area contributed by atoms with Crippen LogP contribution >= 0.6 is 0 Å². The highest BCUT2D eigenvalue weighted by Crippen LogP contribution is 2.11. The van der Waals surface area contributed by atoms with Crippen LogP contribution in [0.1, 0.15) is 12.0 Å². The predicted molar refractivity (Wildman–Crippen MR) is 73.2 cm³/mol. The molecule has 0 aliphatic carbocycles. The first-order valence-corrected chi connectivity index (χ1v) is 6.26. The van der Waals surface area contributed by atoms with Gasteiger partial charge in [-0.2, -0.15) is 0 Å². The van der Waals surface area contributed by atoms with Crippen molar-refractivity contribution >= 4 is 17.9 Å². The molecule has 0 amide bonds. The zero-order valence-electron chi connectivity index (χ0n) is 11.4. The van der Waals surface area contributed by atoms with Gasteiger partial charge in [-0.3, -0.25) is 14.4 Å². The molecular formula is C13H16N2O7. The number of phenolic OH excluding ortho intramolecular Hbond substituents is 1. The van der Waals surface area contributed by atoms with Gasteiger partial charge in [-0.15, -0.1) is 0 Å². The van der Waals surface area contributed by atoms with Crippen molar-refractivity contribution in [1.82, 2.24) is 10.9 Å². The number of carboxylic acids is 3. The zero-order valence-corrected chi connectivity index (χ0v) is 11.4. The zero-order chi connectivity index (χ0) is 16.7. The second-order valence-electron chi connectivity index (χ2n) is 4.54. The van der Waals surface area contributed by atoms with Crippen molar-refractivity contribution in [2.45, 2.75) is 24.9 Å². The Bertz CT molecular complexity index is 544. The normalized spacial score (nSPS) is 13.3. The summed E-state index contributed by atoms with van der Waals surface area (Å²) in [4.78, 5) is 32.6. The Balaban J connectivity index is 2.67. The minimum atomic E-state index is -1.46. The fourth-order valence-corrected chi connectivity index (χ4v) is 1.64. The number of benzene rings is 1. The summed E-state index contributed by atoms with van der Waals surface area (Å²) in [5.74, 6) is -3.94. The van der Waals surface area contributed by atoms with E-state index in [1.165, 1.54) is 24.3 Å². The van der Waals surface area contributed by atoms with Gasteiger partial charge in [-0.1, -0.05) is 12.1 Å². The summed E-state index contributed by atoms with van der Waals surface area (Å²) in [6.45, 7) is 0. The minimum Gasteiger partial charge on any atom is -0.508 e. The van der Waals surface area contributed by atoms with Crippen LogP contribution in [0.25, 0.3) is 0 Å². The summed E-state index contributed by atoms with van der Waals surface area (Å²) in [6, 6.07) is 3.22. The van der Waals surface area contributed by atoms with Gasteiger partial charge in [-0.05, 0) is 24.1 Å². The van der Waals surface area contributed by atoms with Gasteiger partial charge >= 0.3 is 17.9 Å². The molecule has 0 spiro atoms. The first-order chi connectivity index (χ1) is 10.3. The lowest BCUT2D eigenvalue weighted by Gasteiger charge is -2.19. The molecule has 0 saturated heterocycles. The Morgan fingerprint density at radius 2 is 1.41 bits per heavy atom. The third-order valence-electron chi connectivity index (χ3n) is 2.78. The molecule has 0 heterocycles. The van der Waals surface area contributed by atoms with Gasteiger partial charge in [0.05, 0.1) is 6.42 Å². The van der Waals surface area contributed by atoms with Crippen molar-refractivity contribution in [3.63, 3.8) is 0 Å². The Kier molecular flexibility index (Phi) is 6.29. The number of phenols is 1. The first kappa shape index (κ1) is 17.4. The van der Waals surface area contributed by atoms with E-state index in [-0.39, 0.29) is 12.2 Å². The van der Waals surface area contributed by atoms with E-state index in [0.717, 1.165) is 0 Å². The molecule has 2 atom stereocenters. The van der Waals surface area contributed by atoms with Gasteiger partial charge in [0.2, 0.25) is 0 Å². The van der Waals surface area contributed by atoms with Crippen LogP contribution in [0.4, 0.5) is 0 Å². The Morgan fingerprint density at radius 1 is 0.909 bits per heavy atom. The van der Waals surface area contributed by atoms with E-state index in [2.05, 4.69) is 10.9 Å². The molecule has 0 unspecified atom stereocenters. The molecule has 6 N–H and O–H groups in total. The van der Waals surface area contributed by atoms with Crippen LogP contribution in [0.5, 0.6) is 5.75 Å². The van der Waals surface area contributed by atoms with Gasteiger partial charge in [0, 0.05) is 0 Å². The van der Waals surface area contributed by atoms with Gasteiger partial charge in [0.15, 0.2) is 0 Å². The summed E-state index contributed by atoms with van der Waals surface area (Å²) < 4.78 is 0. The average molecular weight is 312 g/mol. The molecule has 0 aliphatic rings. The summed E-state index contributed by atoms with van der Waals surface area (Å²) in [6.07, 6.45) is -0.685. The van der Waals surface area contributed by atoms with Crippen molar-refractivity contribution in [3.05, 3.63) is 29.8 Å². The first-order valence-electron chi connectivity index (χ1n) is 6.26. The maximum absolute atomic E-state index is 11.2. The fourth-order valence-electron chi connectivity index (χ4n) is 1.64. The molecule has 0 aromatic heterocycles. The molecule has 1 rings (SSSR count). The van der Waals surface area contributed by atoms with Crippen LogP contribution in [0.3, 0.4) is 0 Å². The van der Waals surface area contributed by atoms with Gasteiger partial charge in [0.1, 0.15) is 17.8 Å². The van der Waals surface area contributed by atoms with Crippen molar-refractivity contribution in [2.24, 2.45) is 0 Å². The van der Waals surface area contributed by atoms with Crippen LogP contribution in [-0.4, -0.2) is 50.4 Å². The van der Waals surface area contributed by atoms with E-state index in [1.807, 2.05) is 0 Å². The van der Waals surface area contributed by atoms with Crippen molar-refractivity contribution in [2.75, 3.05) is 0 Å². The summed E-state index contributed by atoms with van der Waals surface area (Å²) in [5, 5.41) is 35.7. The molecule has 1 aromatic carbocycles. The molecule has 1 aromatic rings. The van der Waals surface area contributed by atoms with Crippen LogP contribution in [-0.2, 0) is 20.8 Å². The lowest BCUT2D eigenvalue weighted by Crippen LogP contribution is -2.53. The van der Waals surface area contributed by atoms with Crippen molar-refractivity contribution in [1.29, 1.82) is 0 Å². The highest BCUT2D eigenvalue weighted by Gasteiger charge is 2.24. The third kappa shape index (κ3) is 5.77. The maximum Gasteiger partial charge on any atom is 0.322 e. The highest BCUT2D eigenvalue weighted by molar-refractivity contribution is 5.80. The molecule has 0 saturated carbocycles. The number of hydrogen-bond acceptors (Lipinski definition) is 6. The summed E-state index contributed by atoms with van der Waals surface area (Å²) in [5.41, 5.74) is 5.12. The van der Waals surface area contributed by atoms with E-state index in [9.17, 15) is 14.4 Å². The molecule has 120 valence electrons. The smallest absolute Gasteiger partial charge is 0.322 e. The number of nitrogens with one attached hydrogen (secondary N) is 2. The van der Waals surface area contributed by atoms with Gasteiger partial charge in [-0.25, -0.2) is 10.9 Å². The number of hydrogen-bond donors (Lipinski definition) is 6. The van der Waals surface area contributed by atoms with Gasteiger partial charge in [0.25, 0.3) is 0 Å². The molecule has 0 fully saturated rings. The average Bonchev–Trinajstić information content (AvgIpc) is 2.43. The van der Waals surface area contributed by atoms with E-state index >= 15 is 0 Å². The topological polar surface area (TPSA) is 156 Å². The molecular weight excluding hydrogens is 296 g/mol. The van der Waals surface area contributed by atoms with Crippen LogP contribution in [0.15, 0.2) is 24.3 Å². The monoisotopic (exact) mass is 312 g/mol. The number of hydrazine groups is 1. The molecule has 0 radical (unpaired) electrons. The summed E-state index contributed by atoms with van der Waals surface area (Å²) >= 11 is 0. The lowest BCUT2D eigenvalue weighted by molar-refractivity contribution is -0.147. The third-order valence-corrected chi connectivity index (χ3v) is 2.78. The Morgan fingerprint density at radius 3 is 1.86 bits per heavy atom. The van der Waals surface area contributed by atoms with Gasteiger partial charge < -0.3 is 20.4 Å². The van der Waals surface area contributed by atoms with E-state index in [4.69, 9.17) is 20.4 Å². The number of aromatic hydroxyl groups is 1. The molecule has 0 aliphatic heterocycles. The van der Waals surface area contributed by atoms with Crippen molar-refractivity contribution in [3.8, 4) is 5.75 Å². The quantitative estimate of drug-likeness (QED) is 0.328. The highest BCUT2D eigenvalue weighted by atomic mass is 16.4. The standard InChI is InChI=1S/C13H16N2O7/c16-8-3-1-7(2-4-8)5-9(12(19)20)14-15-10(13(21)22)6-11(17)18/h1-4,9-10,14-16H,5-6H2,(H,17,18)(H,19,20)(H,21,22)/t9-,10-/m0/s1. The SMILES string of the molecule is O=C(O)C[C@H](NN[C@@H](Cc1ccc(O)cc1)C(=O)O)C(=O)O. The molecule has 9 heteroatoms. The Hall–Kier alpha value is -2.65. The molecule has 9 nitrogen and oxygen atoms in total. The summed E-state index contributed by atoms with van der Waals surface area (Å²) in [7, 11) is 0. The number of carboxylic acid groups (broad SMARTS) is 3. The molecule has 22 heavy (non-hydrogen) atoms. The lowest BCUT2D eigenvalue weighted by atomic mass is 10.1. The number of rotatable bonds is 9. The van der Waals surface area contributed by atoms with Crippen LogP contribution in [0, 0.1) is 0 Å². The maximum atomic E-state index is 11.2. The predicted octanol–water partition coefficient (Wildman–Crippen LogP) is -0.590. The second-order valence-corrected chi connectivity index (χ2v) is 4.54. The largest absolute Gasteiger partial charge is 0.508 e. The molecule has 0 bridgehead atoms. The Labute approximate surface area is 125 Å². The fraction of sp³-hybridized carbons (Fsp3) is 0.308. The number of carbonyl (C=O) groups is 3. The van der Waals surface area contributed by atoms with E-state index in [0.29, 0.717) is 5.56 Å². The second kappa shape index (κ2) is 7.96. The number of aliphatic carboxylic acids is 3. The van der Waals surface area contributed by atoms with E-state index < -0.39 is 36.4 Å².